The van der Waals surface area contributed by atoms with Gasteiger partial charge >= 0.3 is 5.97 Å². The number of carboxylic acids is 1. The van der Waals surface area contributed by atoms with Crippen molar-refractivity contribution in [3.63, 3.8) is 0 Å². The number of halogens is 4. The summed E-state index contributed by atoms with van der Waals surface area (Å²) in [5.41, 5.74) is 0.269. The Hall–Kier alpha value is -4.00. The number of ketones is 2. The summed E-state index contributed by atoms with van der Waals surface area (Å²) in [6, 6.07) is 3.02. The van der Waals surface area contributed by atoms with Gasteiger partial charge in [-0.3, -0.25) is 24.5 Å². The molecule has 1 amide bonds. The lowest BCUT2D eigenvalue weighted by atomic mass is 9.97. The number of aliphatic carboxylic acids is 1. The maximum atomic E-state index is 13.8. The molecule has 0 aliphatic rings. The summed E-state index contributed by atoms with van der Waals surface area (Å²) < 4.78 is 64.2. The lowest BCUT2D eigenvalue weighted by molar-refractivity contribution is -0.141. The number of ether oxygens (including phenoxy) is 2. The van der Waals surface area contributed by atoms with Crippen LogP contribution in [0.15, 0.2) is 30.3 Å². The van der Waals surface area contributed by atoms with Crippen molar-refractivity contribution in [2.45, 2.75) is 38.8 Å². The number of methoxy groups -OCH3 is 1. The molecule has 0 bridgehead atoms. The first-order valence-electron chi connectivity index (χ1n) is 11.3. The van der Waals surface area contributed by atoms with Crippen LogP contribution in [0, 0.1) is 29.2 Å². The predicted molar refractivity (Wildman–Crippen MR) is 126 cm³/mol. The second-order valence-corrected chi connectivity index (χ2v) is 8.60. The van der Waals surface area contributed by atoms with Gasteiger partial charge in [-0.2, -0.15) is 8.78 Å². The van der Waals surface area contributed by atoms with Crippen molar-refractivity contribution in [3.8, 4) is 11.5 Å². The van der Waals surface area contributed by atoms with E-state index in [0.717, 1.165) is 0 Å². The zero-order valence-electron chi connectivity index (χ0n) is 20.6. The number of amides is 1. The molecular weight excluding hydrogens is 516 g/mol. The average Bonchev–Trinajstić information content (AvgIpc) is 2.85. The second-order valence-electron chi connectivity index (χ2n) is 8.60. The number of carboxylic acid groups (broad SMARTS) is 1. The molecule has 38 heavy (non-hydrogen) atoms. The van der Waals surface area contributed by atoms with E-state index in [2.05, 4.69) is 15.4 Å². The number of carbonyl (C=O) groups is 4. The first-order valence-corrected chi connectivity index (χ1v) is 11.3. The Morgan fingerprint density at radius 3 is 2.03 bits per heavy atom. The second kappa shape index (κ2) is 13.5. The summed E-state index contributed by atoms with van der Waals surface area (Å²) in [6.07, 6.45) is -0.885. The molecule has 0 saturated heterocycles. The van der Waals surface area contributed by atoms with Crippen LogP contribution in [0.1, 0.15) is 26.7 Å². The summed E-state index contributed by atoms with van der Waals surface area (Å²) in [5, 5.41) is 14.1. The molecule has 206 valence electrons. The fourth-order valence-corrected chi connectivity index (χ4v) is 3.35. The fourth-order valence-electron chi connectivity index (χ4n) is 3.35. The summed E-state index contributed by atoms with van der Waals surface area (Å²) >= 11 is 0. The molecule has 0 radical (unpaired) electrons. The van der Waals surface area contributed by atoms with Gasteiger partial charge in [0, 0.05) is 11.8 Å². The lowest BCUT2D eigenvalue weighted by Gasteiger charge is -2.24. The molecule has 3 N–H and O–H groups in total. The van der Waals surface area contributed by atoms with Gasteiger partial charge in [0.15, 0.2) is 23.2 Å². The molecule has 2 aromatic carbocycles. The van der Waals surface area contributed by atoms with E-state index in [1.807, 2.05) is 0 Å². The number of benzene rings is 2. The van der Waals surface area contributed by atoms with Gasteiger partial charge < -0.3 is 19.9 Å². The van der Waals surface area contributed by atoms with Crippen LogP contribution in [0.25, 0.3) is 0 Å². The Kier molecular flexibility index (Phi) is 10.8. The summed E-state index contributed by atoms with van der Waals surface area (Å²) in [6.45, 7) is 2.23. The van der Waals surface area contributed by atoms with E-state index in [-0.39, 0.29) is 24.1 Å². The Labute approximate surface area is 215 Å². The van der Waals surface area contributed by atoms with Gasteiger partial charge in [-0.25, -0.2) is 8.78 Å². The molecule has 0 saturated carbocycles. The minimum absolute atomic E-state index is 0.0114. The standard InChI is InChI=1S/C25H26F4N2O7/c1-12(2)8-18(23(35)25(36)30-13-4-6-14(37-3)7-5-13)31-17(10-20(33)34)19(32)11-38-24-21(28)15(26)9-16(27)22(24)29/h4-7,9,12,17-18,31H,8,10-11H2,1-3H3,(H,30,36)(H,33,34). The molecule has 9 nitrogen and oxygen atoms in total. The Balaban J connectivity index is 2.20. The minimum Gasteiger partial charge on any atom is -0.497 e. The van der Waals surface area contributed by atoms with E-state index >= 15 is 0 Å². The lowest BCUT2D eigenvalue weighted by Crippen LogP contribution is -2.52. The van der Waals surface area contributed by atoms with Gasteiger partial charge in [0.25, 0.3) is 5.91 Å². The molecule has 0 heterocycles. The van der Waals surface area contributed by atoms with E-state index in [9.17, 15) is 41.8 Å². The SMILES string of the molecule is COc1ccc(NC(=O)C(=O)C(CC(C)C)NC(CC(=O)O)C(=O)COc2c(F)c(F)cc(F)c2F)cc1. The third-order valence-electron chi connectivity index (χ3n) is 5.20. The number of carbonyl (C=O) groups excluding carboxylic acids is 3. The molecule has 0 spiro atoms. The molecule has 13 heteroatoms. The topological polar surface area (TPSA) is 131 Å². The number of Topliss-reactive ketones (excluding diaryl/α,β-unsaturated/α-hetero) is 2. The Morgan fingerprint density at radius 2 is 1.53 bits per heavy atom. The summed E-state index contributed by atoms with van der Waals surface area (Å²) in [5.74, 6) is -13.1. The third kappa shape index (κ3) is 8.26. The van der Waals surface area contributed by atoms with Crippen molar-refractivity contribution in [3.05, 3.63) is 53.6 Å². The van der Waals surface area contributed by atoms with Crippen LogP contribution in [0.4, 0.5) is 23.2 Å². The van der Waals surface area contributed by atoms with Crippen molar-refractivity contribution in [1.29, 1.82) is 0 Å². The van der Waals surface area contributed by atoms with E-state index < -0.39 is 77.6 Å². The van der Waals surface area contributed by atoms with Crippen molar-refractivity contribution in [2.75, 3.05) is 19.0 Å². The van der Waals surface area contributed by atoms with E-state index in [4.69, 9.17) is 4.74 Å². The van der Waals surface area contributed by atoms with E-state index in [0.29, 0.717) is 5.75 Å². The van der Waals surface area contributed by atoms with Crippen LogP contribution in [-0.2, 0) is 19.2 Å². The van der Waals surface area contributed by atoms with Gasteiger partial charge in [-0.05, 0) is 36.6 Å². The van der Waals surface area contributed by atoms with Crippen molar-refractivity contribution >= 4 is 29.1 Å². The fraction of sp³-hybridized carbons (Fsp3) is 0.360. The van der Waals surface area contributed by atoms with Gasteiger partial charge in [0.05, 0.1) is 25.6 Å². The molecule has 0 aromatic heterocycles. The highest BCUT2D eigenvalue weighted by atomic mass is 19.2. The summed E-state index contributed by atoms with van der Waals surface area (Å²) in [4.78, 5) is 49.6. The number of rotatable bonds is 14. The van der Waals surface area contributed by atoms with Crippen LogP contribution in [0.5, 0.6) is 11.5 Å². The Morgan fingerprint density at radius 1 is 0.947 bits per heavy atom. The zero-order chi connectivity index (χ0) is 28.6. The molecule has 0 aliphatic carbocycles. The van der Waals surface area contributed by atoms with Crippen molar-refractivity contribution in [1.82, 2.24) is 5.32 Å². The van der Waals surface area contributed by atoms with Crippen LogP contribution in [0.3, 0.4) is 0 Å². The molecule has 0 aliphatic heterocycles. The number of anilines is 1. The quantitative estimate of drug-likeness (QED) is 0.188. The van der Waals surface area contributed by atoms with Gasteiger partial charge in [0.1, 0.15) is 12.4 Å². The smallest absolute Gasteiger partial charge is 0.305 e. The maximum Gasteiger partial charge on any atom is 0.305 e. The molecular formula is C25H26F4N2O7. The van der Waals surface area contributed by atoms with Crippen molar-refractivity contribution in [2.24, 2.45) is 5.92 Å². The van der Waals surface area contributed by atoms with E-state index in [1.165, 1.54) is 19.2 Å². The largest absolute Gasteiger partial charge is 0.497 e. The summed E-state index contributed by atoms with van der Waals surface area (Å²) in [7, 11) is 1.45. The maximum absolute atomic E-state index is 13.8. The highest BCUT2D eigenvalue weighted by molar-refractivity contribution is 6.42. The molecule has 2 aromatic rings. The van der Waals surface area contributed by atoms with Crippen LogP contribution in [0.2, 0.25) is 0 Å². The number of hydrogen-bond donors (Lipinski definition) is 3. The monoisotopic (exact) mass is 542 g/mol. The first-order chi connectivity index (χ1) is 17.8. The van der Waals surface area contributed by atoms with Gasteiger partial charge in [0.2, 0.25) is 17.4 Å². The molecule has 2 atom stereocenters. The van der Waals surface area contributed by atoms with E-state index in [1.54, 1.807) is 26.0 Å². The molecule has 2 unspecified atom stereocenters. The van der Waals surface area contributed by atoms with Gasteiger partial charge in [-0.15, -0.1) is 0 Å². The molecule has 0 fully saturated rings. The first kappa shape index (κ1) is 30.2. The predicted octanol–water partition coefficient (Wildman–Crippen LogP) is 3.25. The van der Waals surface area contributed by atoms with Crippen LogP contribution in [-0.4, -0.2) is 54.3 Å². The minimum atomic E-state index is -1.89. The highest BCUT2D eigenvalue weighted by Gasteiger charge is 2.32. The normalized spacial score (nSPS) is 12.5. The van der Waals surface area contributed by atoms with Crippen LogP contribution < -0.4 is 20.1 Å². The Bertz CT molecular complexity index is 1160. The van der Waals surface area contributed by atoms with Crippen molar-refractivity contribution < 1.29 is 51.3 Å². The number of hydrogen-bond acceptors (Lipinski definition) is 7. The van der Waals surface area contributed by atoms with Crippen LogP contribution >= 0.6 is 0 Å². The average molecular weight is 542 g/mol. The third-order valence-corrected chi connectivity index (χ3v) is 5.20. The van der Waals surface area contributed by atoms with Gasteiger partial charge in [-0.1, -0.05) is 13.8 Å². The zero-order valence-corrected chi connectivity index (χ0v) is 20.6. The molecule has 2 rings (SSSR count). The highest BCUT2D eigenvalue weighted by Crippen LogP contribution is 2.26. The number of nitrogens with one attached hydrogen (secondary N) is 2.